The first kappa shape index (κ1) is 19.7. The number of piperidine rings is 2. The molecule has 0 saturated carbocycles. The highest BCUT2D eigenvalue weighted by molar-refractivity contribution is 6.31. The van der Waals surface area contributed by atoms with Gasteiger partial charge in [0.2, 0.25) is 0 Å². The molecular formula is C22H31ClN4O. The van der Waals surface area contributed by atoms with E-state index < -0.39 is 6.10 Å². The molecule has 0 aliphatic carbocycles. The summed E-state index contributed by atoms with van der Waals surface area (Å²) in [6, 6.07) is 7.05. The van der Waals surface area contributed by atoms with Gasteiger partial charge in [0.05, 0.1) is 0 Å². The van der Waals surface area contributed by atoms with Gasteiger partial charge in [0.25, 0.3) is 0 Å². The van der Waals surface area contributed by atoms with Crippen LogP contribution in [0.25, 0.3) is 0 Å². The number of aryl methyl sites for hydroxylation is 2. The summed E-state index contributed by atoms with van der Waals surface area (Å²) in [5.41, 5.74) is 2.38. The van der Waals surface area contributed by atoms with E-state index in [1.54, 1.807) is 6.20 Å². The number of aromatic nitrogens is 2. The second-order valence-corrected chi connectivity index (χ2v) is 8.77. The molecule has 3 heterocycles. The molecule has 1 unspecified atom stereocenters. The van der Waals surface area contributed by atoms with Crippen molar-refractivity contribution in [1.82, 2.24) is 14.5 Å². The number of benzene rings is 1. The molecule has 2 aromatic rings. The van der Waals surface area contributed by atoms with Crippen molar-refractivity contribution in [2.75, 3.05) is 31.1 Å². The minimum atomic E-state index is -0.449. The zero-order valence-corrected chi connectivity index (χ0v) is 17.6. The maximum atomic E-state index is 10.7. The van der Waals surface area contributed by atoms with Gasteiger partial charge in [0.15, 0.2) is 0 Å². The third kappa shape index (κ3) is 4.07. The fourth-order valence-corrected chi connectivity index (χ4v) is 4.92. The van der Waals surface area contributed by atoms with Crippen LogP contribution >= 0.6 is 11.6 Å². The molecule has 1 N–H and O–H groups in total. The lowest BCUT2D eigenvalue weighted by atomic mass is 9.89. The summed E-state index contributed by atoms with van der Waals surface area (Å²) in [7, 11) is 1.95. The molecule has 1 atom stereocenters. The van der Waals surface area contributed by atoms with Crippen molar-refractivity contribution in [3.8, 4) is 0 Å². The smallest absolute Gasteiger partial charge is 0.137 e. The number of imidazole rings is 1. The van der Waals surface area contributed by atoms with Crippen LogP contribution in [-0.4, -0.2) is 51.8 Å². The molecule has 4 rings (SSSR count). The summed E-state index contributed by atoms with van der Waals surface area (Å²) >= 11 is 6.31. The van der Waals surface area contributed by atoms with E-state index in [-0.39, 0.29) is 0 Å². The Hall–Kier alpha value is -1.56. The van der Waals surface area contributed by atoms with Crippen LogP contribution in [0.1, 0.15) is 43.2 Å². The molecule has 5 nitrogen and oxygen atoms in total. The van der Waals surface area contributed by atoms with Crippen molar-refractivity contribution in [1.29, 1.82) is 0 Å². The normalized spacial score (nSPS) is 21.2. The number of nitrogens with zero attached hydrogens (tertiary/aromatic N) is 4. The summed E-state index contributed by atoms with van der Waals surface area (Å²) in [4.78, 5) is 9.43. The molecular weight excluding hydrogens is 372 g/mol. The Morgan fingerprint density at radius 1 is 1.11 bits per heavy atom. The number of aliphatic hydroxyl groups excluding tert-OH is 1. The summed E-state index contributed by atoms with van der Waals surface area (Å²) < 4.78 is 1.93. The molecule has 28 heavy (non-hydrogen) atoms. The monoisotopic (exact) mass is 402 g/mol. The van der Waals surface area contributed by atoms with Gasteiger partial charge in [-0.1, -0.05) is 17.7 Å². The Morgan fingerprint density at radius 3 is 2.43 bits per heavy atom. The van der Waals surface area contributed by atoms with Crippen LogP contribution in [0.3, 0.4) is 0 Å². The van der Waals surface area contributed by atoms with E-state index in [2.05, 4.69) is 33.0 Å². The van der Waals surface area contributed by atoms with Gasteiger partial charge in [-0.15, -0.1) is 0 Å². The zero-order chi connectivity index (χ0) is 19.7. The molecule has 152 valence electrons. The second-order valence-electron chi connectivity index (χ2n) is 8.37. The van der Waals surface area contributed by atoms with Gasteiger partial charge in [0, 0.05) is 49.3 Å². The van der Waals surface area contributed by atoms with E-state index in [1.807, 2.05) is 24.7 Å². The number of rotatable bonds is 4. The van der Waals surface area contributed by atoms with E-state index in [0.29, 0.717) is 12.0 Å². The second kappa shape index (κ2) is 8.44. The summed E-state index contributed by atoms with van der Waals surface area (Å²) in [5, 5.41) is 11.5. The third-order valence-corrected chi connectivity index (χ3v) is 7.05. The molecule has 0 amide bonds. The maximum Gasteiger partial charge on any atom is 0.137 e. The Labute approximate surface area is 172 Å². The lowest BCUT2D eigenvalue weighted by molar-refractivity contribution is 0.0345. The Morgan fingerprint density at radius 2 is 1.82 bits per heavy atom. The summed E-state index contributed by atoms with van der Waals surface area (Å²) in [6.45, 7) is 6.37. The number of likely N-dealkylation sites (tertiary alicyclic amines) is 1. The van der Waals surface area contributed by atoms with Crippen LogP contribution in [0.2, 0.25) is 5.02 Å². The van der Waals surface area contributed by atoms with E-state index in [0.717, 1.165) is 55.4 Å². The average molecular weight is 403 g/mol. The molecule has 0 radical (unpaired) electrons. The lowest BCUT2D eigenvalue weighted by Gasteiger charge is -2.43. The fourth-order valence-electron chi connectivity index (χ4n) is 4.74. The molecule has 2 saturated heterocycles. The minimum Gasteiger partial charge on any atom is -0.385 e. The van der Waals surface area contributed by atoms with Crippen LogP contribution in [0.15, 0.2) is 30.6 Å². The first-order chi connectivity index (χ1) is 13.5. The van der Waals surface area contributed by atoms with Crippen LogP contribution in [0.5, 0.6) is 0 Å². The van der Waals surface area contributed by atoms with E-state index >= 15 is 0 Å². The lowest BCUT2D eigenvalue weighted by Crippen LogP contribution is -2.48. The van der Waals surface area contributed by atoms with Crippen LogP contribution < -0.4 is 4.90 Å². The Balaban J connectivity index is 1.28. The molecule has 2 aliphatic rings. The van der Waals surface area contributed by atoms with Gasteiger partial charge in [-0.3, -0.25) is 0 Å². The van der Waals surface area contributed by atoms with Crippen molar-refractivity contribution in [3.63, 3.8) is 0 Å². The Bertz CT molecular complexity index is 792. The topological polar surface area (TPSA) is 44.5 Å². The highest BCUT2D eigenvalue weighted by Gasteiger charge is 2.32. The van der Waals surface area contributed by atoms with Crippen molar-refractivity contribution in [2.24, 2.45) is 13.0 Å². The minimum absolute atomic E-state index is 0.312. The number of aliphatic hydroxyl groups is 1. The van der Waals surface area contributed by atoms with Gasteiger partial charge < -0.3 is 19.5 Å². The van der Waals surface area contributed by atoms with E-state index in [4.69, 9.17) is 11.6 Å². The quantitative estimate of drug-likeness (QED) is 0.844. The van der Waals surface area contributed by atoms with Gasteiger partial charge in [0.1, 0.15) is 11.9 Å². The van der Waals surface area contributed by atoms with Crippen LogP contribution in [0, 0.1) is 12.8 Å². The van der Waals surface area contributed by atoms with Gasteiger partial charge in [-0.05, 0) is 69.3 Å². The van der Waals surface area contributed by atoms with Gasteiger partial charge in [-0.2, -0.15) is 0 Å². The standard InChI is InChI=1S/C22H31ClN4O/c1-16-3-4-19(15-20(16)23)27-12-7-18(8-13-27)26-10-5-17(6-11-26)21(28)22-24-9-14-25(22)2/h3-4,9,14-15,17-18,21,28H,5-8,10-13H2,1-2H3. The van der Waals surface area contributed by atoms with Gasteiger partial charge >= 0.3 is 0 Å². The van der Waals surface area contributed by atoms with E-state index in [1.165, 1.54) is 18.5 Å². The number of hydrogen-bond acceptors (Lipinski definition) is 4. The fraction of sp³-hybridized carbons (Fsp3) is 0.591. The first-order valence-corrected chi connectivity index (χ1v) is 10.8. The van der Waals surface area contributed by atoms with Crippen molar-refractivity contribution in [3.05, 3.63) is 47.0 Å². The predicted molar refractivity (Wildman–Crippen MR) is 114 cm³/mol. The maximum absolute atomic E-state index is 10.7. The molecule has 0 spiro atoms. The summed E-state index contributed by atoms with van der Waals surface area (Å²) in [5.74, 6) is 1.11. The molecule has 2 aliphatic heterocycles. The van der Waals surface area contributed by atoms with Crippen molar-refractivity contribution < 1.29 is 5.11 Å². The Kier molecular flexibility index (Phi) is 5.95. The predicted octanol–water partition coefficient (Wildman–Crippen LogP) is 3.80. The van der Waals surface area contributed by atoms with Crippen molar-refractivity contribution >= 4 is 17.3 Å². The molecule has 6 heteroatoms. The molecule has 1 aromatic heterocycles. The molecule has 0 bridgehead atoms. The molecule has 2 fully saturated rings. The SMILES string of the molecule is Cc1ccc(N2CCC(N3CCC(C(O)c4nccn4C)CC3)CC2)cc1Cl. The first-order valence-electron chi connectivity index (χ1n) is 10.4. The average Bonchev–Trinajstić information content (AvgIpc) is 3.16. The number of halogens is 1. The van der Waals surface area contributed by atoms with Crippen molar-refractivity contribution in [2.45, 2.75) is 44.8 Å². The number of anilines is 1. The largest absolute Gasteiger partial charge is 0.385 e. The van der Waals surface area contributed by atoms with Crippen LogP contribution in [-0.2, 0) is 7.05 Å². The van der Waals surface area contributed by atoms with Gasteiger partial charge in [-0.25, -0.2) is 4.98 Å². The zero-order valence-electron chi connectivity index (χ0n) is 16.9. The van der Waals surface area contributed by atoms with E-state index in [9.17, 15) is 5.11 Å². The highest BCUT2D eigenvalue weighted by atomic mass is 35.5. The summed E-state index contributed by atoms with van der Waals surface area (Å²) in [6.07, 6.45) is 7.70. The molecule has 1 aromatic carbocycles. The number of hydrogen-bond donors (Lipinski definition) is 1. The highest BCUT2D eigenvalue weighted by Crippen LogP contribution is 2.32. The van der Waals surface area contributed by atoms with Crippen LogP contribution in [0.4, 0.5) is 5.69 Å². The third-order valence-electron chi connectivity index (χ3n) is 6.65.